The molecule has 0 bridgehead atoms. The minimum absolute atomic E-state index is 0.0661. The summed E-state index contributed by atoms with van der Waals surface area (Å²) in [6, 6.07) is 6.53. The van der Waals surface area contributed by atoms with Crippen LogP contribution in [0.2, 0.25) is 0 Å². The molecule has 94 valence electrons. The van der Waals surface area contributed by atoms with Crippen molar-refractivity contribution in [2.45, 2.75) is 43.8 Å². The van der Waals surface area contributed by atoms with Crippen LogP contribution in [-0.2, 0) is 21.1 Å². The van der Waals surface area contributed by atoms with Crippen LogP contribution in [0, 0.1) is 0 Å². The minimum Gasteiger partial charge on any atom is -0.300 e. The van der Waals surface area contributed by atoms with Crippen molar-refractivity contribution in [3.8, 4) is 0 Å². The molecule has 4 heteroatoms. The molecule has 0 saturated heterocycles. The van der Waals surface area contributed by atoms with Crippen molar-refractivity contribution in [3.05, 3.63) is 29.8 Å². The molecule has 0 aliphatic heterocycles. The molecule has 0 radical (unpaired) electrons. The summed E-state index contributed by atoms with van der Waals surface area (Å²) in [6.07, 6.45) is 0.343. The molecule has 1 aromatic carbocycles. The molecule has 0 saturated carbocycles. The smallest absolute Gasteiger partial charge is 0.183 e. The molecule has 3 nitrogen and oxygen atoms in total. The molecule has 0 aliphatic carbocycles. The second kappa shape index (κ2) is 4.61. The normalized spacial score (nSPS) is 12.5. The van der Waals surface area contributed by atoms with E-state index in [0.717, 1.165) is 5.56 Å². The van der Waals surface area contributed by atoms with Crippen LogP contribution in [0.5, 0.6) is 0 Å². The summed E-state index contributed by atoms with van der Waals surface area (Å²) in [7, 11) is -3.31. The molecule has 17 heavy (non-hydrogen) atoms. The SMILES string of the molecule is CC(=O)Cc1ccc(S(=O)(=O)C(C)(C)C)cc1. The number of hydrogen-bond acceptors (Lipinski definition) is 3. The van der Waals surface area contributed by atoms with Crippen LogP contribution in [0.1, 0.15) is 33.3 Å². The van der Waals surface area contributed by atoms with E-state index in [-0.39, 0.29) is 5.78 Å². The Hall–Kier alpha value is -1.16. The van der Waals surface area contributed by atoms with E-state index < -0.39 is 14.6 Å². The average Bonchev–Trinajstić information content (AvgIpc) is 2.15. The number of Topliss-reactive ketones (excluding diaryl/α,β-unsaturated/α-hetero) is 1. The van der Waals surface area contributed by atoms with Gasteiger partial charge in [0, 0.05) is 6.42 Å². The molecule has 0 fully saturated rings. The first kappa shape index (κ1) is 13.9. The van der Waals surface area contributed by atoms with Crippen LogP contribution in [0.3, 0.4) is 0 Å². The lowest BCUT2D eigenvalue weighted by Crippen LogP contribution is -2.27. The lowest BCUT2D eigenvalue weighted by atomic mass is 10.1. The second-order valence-electron chi connectivity index (χ2n) is 5.14. The topological polar surface area (TPSA) is 51.2 Å². The van der Waals surface area contributed by atoms with Crippen molar-refractivity contribution in [1.29, 1.82) is 0 Å². The number of hydrogen-bond donors (Lipinski definition) is 0. The highest BCUT2D eigenvalue weighted by Gasteiger charge is 2.30. The zero-order valence-electron chi connectivity index (χ0n) is 10.6. The zero-order chi connectivity index (χ0) is 13.3. The predicted octanol–water partition coefficient (Wildman–Crippen LogP) is 2.39. The van der Waals surface area contributed by atoms with Crippen molar-refractivity contribution in [2.24, 2.45) is 0 Å². The third-order valence-corrected chi connectivity index (χ3v) is 5.00. The Morgan fingerprint density at radius 1 is 1.12 bits per heavy atom. The standard InChI is InChI=1S/C13H18O3S/c1-10(14)9-11-5-7-12(8-6-11)17(15,16)13(2,3)4/h5-8H,9H2,1-4H3. The third kappa shape index (κ3) is 3.16. The van der Waals surface area contributed by atoms with Crippen LogP contribution < -0.4 is 0 Å². The van der Waals surface area contributed by atoms with E-state index in [2.05, 4.69) is 0 Å². The van der Waals surface area contributed by atoms with Crippen LogP contribution in [0.25, 0.3) is 0 Å². The Morgan fingerprint density at radius 3 is 1.94 bits per heavy atom. The summed E-state index contributed by atoms with van der Waals surface area (Å²) in [6.45, 7) is 6.53. The maximum atomic E-state index is 12.1. The van der Waals surface area contributed by atoms with E-state index in [4.69, 9.17) is 0 Å². The van der Waals surface area contributed by atoms with Gasteiger partial charge in [-0.3, -0.25) is 4.79 Å². The number of rotatable bonds is 3. The summed E-state index contributed by atoms with van der Waals surface area (Å²) in [4.78, 5) is 11.2. The lowest BCUT2D eigenvalue weighted by Gasteiger charge is -2.19. The van der Waals surface area contributed by atoms with Gasteiger partial charge < -0.3 is 0 Å². The Bertz CT molecular complexity index is 505. The summed E-state index contributed by atoms with van der Waals surface area (Å²) < 4.78 is 23.4. The number of benzene rings is 1. The Kier molecular flexibility index (Phi) is 3.77. The summed E-state index contributed by atoms with van der Waals surface area (Å²) in [5, 5.41) is 0. The van der Waals surface area contributed by atoms with E-state index in [9.17, 15) is 13.2 Å². The molecule has 0 unspecified atom stereocenters. The molecule has 0 spiro atoms. The molecule has 0 heterocycles. The highest BCUT2D eigenvalue weighted by atomic mass is 32.2. The largest absolute Gasteiger partial charge is 0.300 e. The monoisotopic (exact) mass is 254 g/mol. The molecule has 1 rings (SSSR count). The first-order valence-electron chi connectivity index (χ1n) is 5.47. The highest BCUT2D eigenvalue weighted by molar-refractivity contribution is 7.92. The fourth-order valence-electron chi connectivity index (χ4n) is 1.43. The van der Waals surface area contributed by atoms with Gasteiger partial charge >= 0.3 is 0 Å². The van der Waals surface area contributed by atoms with Gasteiger partial charge in [0.15, 0.2) is 9.84 Å². The van der Waals surface area contributed by atoms with E-state index in [1.165, 1.54) is 6.92 Å². The summed E-state index contributed by atoms with van der Waals surface area (Å²) in [5.41, 5.74) is 0.838. The number of ketones is 1. The van der Waals surface area contributed by atoms with E-state index in [1.807, 2.05) is 0 Å². The van der Waals surface area contributed by atoms with Crippen LogP contribution >= 0.6 is 0 Å². The Labute approximate surface area is 103 Å². The van der Waals surface area contributed by atoms with E-state index in [0.29, 0.717) is 11.3 Å². The van der Waals surface area contributed by atoms with Crippen molar-refractivity contribution < 1.29 is 13.2 Å². The molecule has 0 N–H and O–H groups in total. The van der Waals surface area contributed by atoms with Gasteiger partial charge in [0.1, 0.15) is 5.78 Å². The maximum Gasteiger partial charge on any atom is 0.183 e. The third-order valence-electron chi connectivity index (χ3n) is 2.49. The minimum atomic E-state index is -3.31. The quantitative estimate of drug-likeness (QED) is 0.832. The highest BCUT2D eigenvalue weighted by Crippen LogP contribution is 2.24. The summed E-state index contributed by atoms with van der Waals surface area (Å²) >= 11 is 0. The van der Waals surface area contributed by atoms with Gasteiger partial charge in [-0.1, -0.05) is 12.1 Å². The van der Waals surface area contributed by atoms with Gasteiger partial charge in [0.05, 0.1) is 9.64 Å². The van der Waals surface area contributed by atoms with E-state index >= 15 is 0 Å². The van der Waals surface area contributed by atoms with Crippen LogP contribution in [0.4, 0.5) is 0 Å². The maximum absolute atomic E-state index is 12.1. The van der Waals surface area contributed by atoms with Crippen molar-refractivity contribution in [2.75, 3.05) is 0 Å². The average molecular weight is 254 g/mol. The van der Waals surface area contributed by atoms with Crippen molar-refractivity contribution in [3.63, 3.8) is 0 Å². The van der Waals surface area contributed by atoms with Crippen LogP contribution in [0.15, 0.2) is 29.2 Å². The molecular formula is C13H18O3S. The van der Waals surface area contributed by atoms with Gasteiger partial charge in [-0.15, -0.1) is 0 Å². The predicted molar refractivity (Wildman–Crippen MR) is 67.8 cm³/mol. The van der Waals surface area contributed by atoms with Gasteiger partial charge in [0.2, 0.25) is 0 Å². The molecule has 0 atom stereocenters. The summed E-state index contributed by atoms with van der Waals surface area (Å²) in [5.74, 6) is 0.0661. The molecular weight excluding hydrogens is 236 g/mol. The fourth-order valence-corrected chi connectivity index (χ4v) is 2.63. The second-order valence-corrected chi connectivity index (χ2v) is 7.84. The molecule has 1 aromatic rings. The number of carbonyl (C=O) groups is 1. The molecule has 0 aliphatic rings. The number of carbonyl (C=O) groups excluding carboxylic acids is 1. The fraction of sp³-hybridized carbons (Fsp3) is 0.462. The Morgan fingerprint density at radius 2 is 1.59 bits per heavy atom. The van der Waals surface area contributed by atoms with Crippen molar-refractivity contribution >= 4 is 15.6 Å². The lowest BCUT2D eigenvalue weighted by molar-refractivity contribution is -0.116. The van der Waals surface area contributed by atoms with Gasteiger partial charge in [-0.25, -0.2) is 8.42 Å². The molecule has 0 aromatic heterocycles. The first-order chi connectivity index (χ1) is 7.64. The van der Waals surface area contributed by atoms with Gasteiger partial charge in [-0.2, -0.15) is 0 Å². The Balaban J connectivity index is 3.08. The van der Waals surface area contributed by atoms with Crippen molar-refractivity contribution in [1.82, 2.24) is 0 Å². The van der Waals surface area contributed by atoms with E-state index in [1.54, 1.807) is 45.0 Å². The number of sulfone groups is 1. The van der Waals surface area contributed by atoms with Gasteiger partial charge in [0.25, 0.3) is 0 Å². The van der Waals surface area contributed by atoms with Gasteiger partial charge in [-0.05, 0) is 45.4 Å². The zero-order valence-corrected chi connectivity index (χ0v) is 11.5. The van der Waals surface area contributed by atoms with Crippen LogP contribution in [-0.4, -0.2) is 18.9 Å². The first-order valence-corrected chi connectivity index (χ1v) is 6.96. The molecule has 0 amide bonds.